The van der Waals surface area contributed by atoms with Gasteiger partial charge in [-0.3, -0.25) is 0 Å². The summed E-state index contributed by atoms with van der Waals surface area (Å²) in [6, 6.07) is 16.7. The van der Waals surface area contributed by atoms with Crippen LogP contribution in [0.2, 0.25) is 0 Å². The van der Waals surface area contributed by atoms with Gasteiger partial charge in [0, 0.05) is 18.7 Å². The number of carbonyl (C=O) groups excluding carboxylic acids is 1. The molecule has 1 saturated heterocycles. The molecule has 11 nitrogen and oxygen atoms in total. The van der Waals surface area contributed by atoms with Crippen LogP contribution in [-0.4, -0.2) is 63.7 Å². The van der Waals surface area contributed by atoms with Crippen LogP contribution in [0.5, 0.6) is 11.5 Å². The van der Waals surface area contributed by atoms with E-state index in [0.29, 0.717) is 55.4 Å². The smallest absolute Gasteiger partial charge is 0.409 e. The number of benzene rings is 2. The van der Waals surface area contributed by atoms with Gasteiger partial charge in [-0.1, -0.05) is 25.1 Å². The number of hydrogen-bond donors (Lipinski definition) is 2. The average molecular weight is 504 g/mol. The number of para-hydroxylation sites is 1. The Balaban J connectivity index is 1.49. The van der Waals surface area contributed by atoms with Gasteiger partial charge in [0.05, 0.1) is 31.2 Å². The SMILES string of the molecule is CCCOC(=O)N1CCOCC(n2nc(-c3ccc(Oc4ccccc4)cc3)c3c(N)nc(N)nc32)C1. The van der Waals surface area contributed by atoms with E-state index in [0.717, 1.165) is 17.7 Å². The van der Waals surface area contributed by atoms with Gasteiger partial charge in [-0.2, -0.15) is 15.1 Å². The highest BCUT2D eigenvalue weighted by Gasteiger charge is 2.29. The zero-order valence-electron chi connectivity index (χ0n) is 20.5. The molecule has 4 N–H and O–H groups in total. The normalized spacial score (nSPS) is 15.9. The van der Waals surface area contributed by atoms with Crippen LogP contribution in [0.4, 0.5) is 16.6 Å². The van der Waals surface area contributed by atoms with Crippen LogP contribution in [0, 0.1) is 0 Å². The molecule has 0 aliphatic carbocycles. The van der Waals surface area contributed by atoms with Gasteiger partial charge in [-0.05, 0) is 42.8 Å². The van der Waals surface area contributed by atoms with Crippen molar-refractivity contribution in [2.24, 2.45) is 0 Å². The maximum Gasteiger partial charge on any atom is 0.409 e. The number of hydrogen-bond acceptors (Lipinski definition) is 9. The highest BCUT2D eigenvalue weighted by molar-refractivity contribution is 5.99. The van der Waals surface area contributed by atoms with Crippen molar-refractivity contribution in [3.05, 3.63) is 54.6 Å². The van der Waals surface area contributed by atoms with Gasteiger partial charge in [0.1, 0.15) is 23.0 Å². The molecule has 0 bridgehead atoms. The second-order valence-corrected chi connectivity index (χ2v) is 8.69. The number of carbonyl (C=O) groups is 1. The van der Waals surface area contributed by atoms with E-state index in [9.17, 15) is 4.79 Å². The first-order valence-corrected chi connectivity index (χ1v) is 12.2. The molecule has 2 aromatic heterocycles. The van der Waals surface area contributed by atoms with Crippen molar-refractivity contribution >= 4 is 28.9 Å². The molecule has 0 saturated carbocycles. The topological polar surface area (TPSA) is 144 Å². The summed E-state index contributed by atoms with van der Waals surface area (Å²) in [5.74, 6) is 1.69. The Morgan fingerprint density at radius 2 is 1.84 bits per heavy atom. The molecule has 3 heterocycles. The lowest BCUT2D eigenvalue weighted by atomic mass is 10.1. The second kappa shape index (κ2) is 10.7. The van der Waals surface area contributed by atoms with Crippen LogP contribution in [0.15, 0.2) is 54.6 Å². The minimum atomic E-state index is -0.378. The molecule has 1 unspecified atom stereocenters. The molecule has 2 aromatic carbocycles. The number of anilines is 2. The maximum atomic E-state index is 12.6. The van der Waals surface area contributed by atoms with Gasteiger partial charge in [0.25, 0.3) is 0 Å². The number of nitrogen functional groups attached to an aromatic ring is 2. The lowest BCUT2D eigenvalue weighted by Crippen LogP contribution is -2.37. The molecular weight excluding hydrogens is 474 g/mol. The van der Waals surface area contributed by atoms with Gasteiger partial charge in [0.2, 0.25) is 5.95 Å². The number of ether oxygens (including phenoxy) is 3. The number of aromatic nitrogens is 4. The molecule has 11 heteroatoms. The quantitative estimate of drug-likeness (QED) is 0.401. The third-order valence-corrected chi connectivity index (χ3v) is 5.98. The first-order chi connectivity index (χ1) is 18.0. The Labute approximate surface area is 213 Å². The van der Waals surface area contributed by atoms with E-state index in [1.807, 2.05) is 61.5 Å². The molecule has 0 radical (unpaired) electrons. The van der Waals surface area contributed by atoms with Crippen LogP contribution >= 0.6 is 0 Å². The molecule has 4 aromatic rings. The number of rotatable bonds is 6. The summed E-state index contributed by atoms with van der Waals surface area (Å²) < 4.78 is 18.8. The third kappa shape index (κ3) is 5.26. The maximum absolute atomic E-state index is 12.6. The van der Waals surface area contributed by atoms with Crippen molar-refractivity contribution in [3.8, 4) is 22.8 Å². The zero-order chi connectivity index (χ0) is 25.8. The lowest BCUT2D eigenvalue weighted by Gasteiger charge is -2.23. The van der Waals surface area contributed by atoms with Gasteiger partial charge in [-0.15, -0.1) is 0 Å². The van der Waals surface area contributed by atoms with E-state index in [-0.39, 0.29) is 23.9 Å². The summed E-state index contributed by atoms with van der Waals surface area (Å²) in [7, 11) is 0. The zero-order valence-corrected chi connectivity index (χ0v) is 20.5. The lowest BCUT2D eigenvalue weighted by molar-refractivity contribution is 0.0970. The number of amides is 1. The van der Waals surface area contributed by atoms with Crippen LogP contribution in [-0.2, 0) is 9.47 Å². The first-order valence-electron chi connectivity index (χ1n) is 12.2. The van der Waals surface area contributed by atoms with E-state index < -0.39 is 0 Å². The van der Waals surface area contributed by atoms with E-state index in [1.165, 1.54) is 0 Å². The Kier molecular flexibility index (Phi) is 7.04. The summed E-state index contributed by atoms with van der Waals surface area (Å²) in [6.07, 6.45) is 0.369. The fourth-order valence-electron chi connectivity index (χ4n) is 4.23. The van der Waals surface area contributed by atoms with Gasteiger partial charge in [0.15, 0.2) is 5.65 Å². The molecule has 1 amide bonds. The molecule has 0 spiro atoms. The molecule has 1 aliphatic rings. The van der Waals surface area contributed by atoms with Crippen molar-refractivity contribution in [2.45, 2.75) is 19.4 Å². The Morgan fingerprint density at radius 1 is 1.08 bits per heavy atom. The number of nitrogens with two attached hydrogens (primary N) is 2. The Hall–Kier alpha value is -4.38. The second-order valence-electron chi connectivity index (χ2n) is 8.69. The summed E-state index contributed by atoms with van der Waals surface area (Å²) >= 11 is 0. The van der Waals surface area contributed by atoms with E-state index in [1.54, 1.807) is 9.58 Å². The number of nitrogens with zero attached hydrogens (tertiary/aromatic N) is 5. The third-order valence-electron chi connectivity index (χ3n) is 5.98. The van der Waals surface area contributed by atoms with Gasteiger partial charge >= 0.3 is 6.09 Å². The van der Waals surface area contributed by atoms with Crippen molar-refractivity contribution in [1.29, 1.82) is 0 Å². The molecule has 192 valence electrons. The van der Waals surface area contributed by atoms with Crippen LogP contribution < -0.4 is 16.2 Å². The summed E-state index contributed by atoms with van der Waals surface area (Å²) in [6.45, 7) is 3.81. The van der Waals surface area contributed by atoms with Crippen LogP contribution in [0.1, 0.15) is 19.4 Å². The summed E-state index contributed by atoms with van der Waals surface area (Å²) in [5.41, 5.74) is 14.1. The van der Waals surface area contributed by atoms with Crippen molar-refractivity contribution < 1.29 is 19.0 Å². The molecule has 1 atom stereocenters. The van der Waals surface area contributed by atoms with E-state index in [2.05, 4.69) is 9.97 Å². The highest BCUT2D eigenvalue weighted by atomic mass is 16.6. The van der Waals surface area contributed by atoms with E-state index in [4.69, 9.17) is 30.8 Å². The molecule has 5 rings (SSSR count). The summed E-state index contributed by atoms with van der Waals surface area (Å²) in [5, 5.41) is 5.45. The Morgan fingerprint density at radius 3 is 2.59 bits per heavy atom. The minimum Gasteiger partial charge on any atom is -0.457 e. The average Bonchev–Trinajstić information content (AvgIpc) is 3.11. The van der Waals surface area contributed by atoms with Gasteiger partial charge < -0.3 is 30.6 Å². The standard InChI is InChI=1S/C26H29N7O4/c1-2-13-36-26(34)32-12-14-35-16-18(15-32)33-24-21(23(27)29-25(28)30-24)22(31-33)17-8-10-20(11-9-17)37-19-6-4-3-5-7-19/h3-11,18H,2,12-16H2,1H3,(H4,27,28,29,30). The van der Waals surface area contributed by atoms with Crippen LogP contribution in [0.25, 0.3) is 22.3 Å². The van der Waals surface area contributed by atoms with Crippen molar-refractivity contribution in [1.82, 2.24) is 24.6 Å². The number of fused-ring (bicyclic) bond motifs is 1. The molecular formula is C26H29N7O4. The highest BCUT2D eigenvalue weighted by Crippen LogP contribution is 2.34. The minimum absolute atomic E-state index is 0.0399. The molecule has 1 aliphatic heterocycles. The fraction of sp³-hybridized carbons (Fsp3) is 0.308. The van der Waals surface area contributed by atoms with Crippen molar-refractivity contribution in [2.75, 3.05) is 44.4 Å². The van der Waals surface area contributed by atoms with Gasteiger partial charge in [-0.25, -0.2) is 9.48 Å². The van der Waals surface area contributed by atoms with Crippen molar-refractivity contribution in [3.63, 3.8) is 0 Å². The predicted octanol–water partition coefficient (Wildman–Crippen LogP) is 3.87. The monoisotopic (exact) mass is 503 g/mol. The van der Waals surface area contributed by atoms with E-state index >= 15 is 0 Å². The largest absolute Gasteiger partial charge is 0.457 e. The summed E-state index contributed by atoms with van der Waals surface area (Å²) in [4.78, 5) is 22.8. The fourth-order valence-corrected chi connectivity index (χ4v) is 4.23. The Bertz CT molecular complexity index is 1380. The molecule has 1 fully saturated rings. The predicted molar refractivity (Wildman–Crippen MR) is 139 cm³/mol. The molecule has 37 heavy (non-hydrogen) atoms. The first kappa shape index (κ1) is 24.3. The van der Waals surface area contributed by atoms with Crippen LogP contribution in [0.3, 0.4) is 0 Å².